The summed E-state index contributed by atoms with van der Waals surface area (Å²) in [5, 5.41) is 10.9. The molecule has 0 aromatic heterocycles. The van der Waals surface area contributed by atoms with Gasteiger partial charge in [-0.2, -0.15) is 0 Å². The van der Waals surface area contributed by atoms with Gasteiger partial charge in [0.05, 0.1) is 5.60 Å². The van der Waals surface area contributed by atoms with Crippen molar-refractivity contribution in [2.45, 2.75) is 37.9 Å². The minimum atomic E-state index is -0.957. The first-order chi connectivity index (χ1) is 10.7. The number of carbonyl (C=O) groups is 1. The lowest BCUT2D eigenvalue weighted by Gasteiger charge is -2.33. The summed E-state index contributed by atoms with van der Waals surface area (Å²) < 4.78 is 5.92. The molecular formula is C19H20O3. The van der Waals surface area contributed by atoms with E-state index in [1.54, 1.807) is 0 Å². The molecule has 0 spiro atoms. The number of para-hydroxylation sites is 1. The highest BCUT2D eigenvalue weighted by atomic mass is 16.5. The molecule has 2 aromatic carbocycles. The Morgan fingerprint density at radius 3 is 2.32 bits per heavy atom. The highest BCUT2D eigenvalue weighted by Crippen LogP contribution is 2.40. The van der Waals surface area contributed by atoms with E-state index in [0.29, 0.717) is 38.0 Å². The third-order valence-electron chi connectivity index (χ3n) is 4.26. The molecule has 1 fully saturated rings. The van der Waals surface area contributed by atoms with Crippen LogP contribution in [0.5, 0.6) is 5.75 Å². The van der Waals surface area contributed by atoms with E-state index in [0.717, 1.165) is 11.1 Å². The summed E-state index contributed by atoms with van der Waals surface area (Å²) in [6.07, 6.45) is 1.81. The van der Waals surface area contributed by atoms with Crippen LogP contribution in [0.1, 0.15) is 36.8 Å². The van der Waals surface area contributed by atoms with Crippen molar-refractivity contribution < 1.29 is 14.6 Å². The fourth-order valence-corrected chi connectivity index (χ4v) is 2.92. The molecule has 0 saturated heterocycles. The molecule has 0 amide bonds. The van der Waals surface area contributed by atoms with Crippen LogP contribution < -0.4 is 4.74 Å². The van der Waals surface area contributed by atoms with Gasteiger partial charge in [0, 0.05) is 18.4 Å². The van der Waals surface area contributed by atoms with E-state index in [-0.39, 0.29) is 5.78 Å². The van der Waals surface area contributed by atoms with Crippen molar-refractivity contribution >= 4 is 5.78 Å². The molecular weight excluding hydrogens is 276 g/mol. The van der Waals surface area contributed by atoms with E-state index >= 15 is 0 Å². The Morgan fingerprint density at radius 1 is 0.955 bits per heavy atom. The Morgan fingerprint density at radius 2 is 1.59 bits per heavy atom. The zero-order valence-electron chi connectivity index (χ0n) is 12.5. The Hall–Kier alpha value is -2.13. The van der Waals surface area contributed by atoms with E-state index in [1.165, 1.54) is 0 Å². The third-order valence-corrected chi connectivity index (χ3v) is 4.26. The van der Waals surface area contributed by atoms with Gasteiger partial charge in [-0.15, -0.1) is 0 Å². The van der Waals surface area contributed by atoms with E-state index in [2.05, 4.69) is 0 Å². The molecule has 0 atom stereocenters. The maximum Gasteiger partial charge on any atom is 0.133 e. The second-order valence-corrected chi connectivity index (χ2v) is 5.84. The summed E-state index contributed by atoms with van der Waals surface area (Å²) in [7, 11) is 0. The number of rotatable bonds is 4. The predicted molar refractivity (Wildman–Crippen MR) is 84.6 cm³/mol. The molecule has 0 radical (unpaired) electrons. The van der Waals surface area contributed by atoms with Gasteiger partial charge >= 0.3 is 0 Å². The number of Topliss-reactive ketones (excluding diaryl/α,β-unsaturated/α-hetero) is 1. The molecule has 2 aromatic rings. The summed E-state index contributed by atoms with van der Waals surface area (Å²) in [4.78, 5) is 11.4. The van der Waals surface area contributed by atoms with E-state index < -0.39 is 5.60 Å². The standard InChI is InChI=1S/C19H20O3/c20-16-10-12-19(21,13-11-16)17-8-4-5-9-18(17)22-14-15-6-2-1-3-7-15/h1-9,21H,10-14H2. The van der Waals surface area contributed by atoms with Crippen molar-refractivity contribution in [1.82, 2.24) is 0 Å². The van der Waals surface area contributed by atoms with Crippen LogP contribution in [0.4, 0.5) is 0 Å². The number of ketones is 1. The van der Waals surface area contributed by atoms with Gasteiger partial charge in [-0.1, -0.05) is 48.5 Å². The second-order valence-electron chi connectivity index (χ2n) is 5.84. The minimum absolute atomic E-state index is 0.229. The third kappa shape index (κ3) is 3.20. The molecule has 22 heavy (non-hydrogen) atoms. The zero-order valence-corrected chi connectivity index (χ0v) is 12.5. The fraction of sp³-hybridized carbons (Fsp3) is 0.316. The molecule has 1 aliphatic rings. The van der Waals surface area contributed by atoms with Gasteiger partial charge in [-0.05, 0) is 24.5 Å². The van der Waals surface area contributed by atoms with Gasteiger partial charge in [-0.25, -0.2) is 0 Å². The zero-order chi connectivity index (χ0) is 15.4. The van der Waals surface area contributed by atoms with Crippen LogP contribution in [-0.4, -0.2) is 10.9 Å². The van der Waals surface area contributed by atoms with Gasteiger partial charge in [0.1, 0.15) is 18.1 Å². The largest absolute Gasteiger partial charge is 0.489 e. The smallest absolute Gasteiger partial charge is 0.133 e. The van der Waals surface area contributed by atoms with Crippen molar-refractivity contribution in [2.75, 3.05) is 0 Å². The maximum absolute atomic E-state index is 11.4. The lowest BCUT2D eigenvalue weighted by molar-refractivity contribution is -0.125. The van der Waals surface area contributed by atoms with Crippen LogP contribution in [0.25, 0.3) is 0 Å². The van der Waals surface area contributed by atoms with Crippen LogP contribution in [0, 0.1) is 0 Å². The Labute approximate surface area is 130 Å². The first kappa shape index (κ1) is 14.8. The average Bonchev–Trinajstić information content (AvgIpc) is 2.57. The highest BCUT2D eigenvalue weighted by Gasteiger charge is 2.36. The predicted octanol–water partition coefficient (Wildman–Crippen LogP) is 3.60. The quantitative estimate of drug-likeness (QED) is 0.937. The van der Waals surface area contributed by atoms with E-state index in [1.807, 2.05) is 54.6 Å². The molecule has 0 aliphatic heterocycles. The van der Waals surface area contributed by atoms with Crippen LogP contribution in [0.15, 0.2) is 54.6 Å². The van der Waals surface area contributed by atoms with E-state index in [9.17, 15) is 9.90 Å². The van der Waals surface area contributed by atoms with Gasteiger partial charge in [0.2, 0.25) is 0 Å². The molecule has 1 aliphatic carbocycles. The summed E-state index contributed by atoms with van der Waals surface area (Å²) in [6, 6.07) is 17.5. The molecule has 0 unspecified atom stereocenters. The molecule has 0 heterocycles. The van der Waals surface area contributed by atoms with Crippen LogP contribution >= 0.6 is 0 Å². The van der Waals surface area contributed by atoms with Gasteiger partial charge in [0.25, 0.3) is 0 Å². The number of carbonyl (C=O) groups excluding carboxylic acids is 1. The topological polar surface area (TPSA) is 46.5 Å². The number of benzene rings is 2. The van der Waals surface area contributed by atoms with Crippen molar-refractivity contribution in [2.24, 2.45) is 0 Å². The summed E-state index contributed by atoms with van der Waals surface area (Å²) in [5.41, 5.74) is 0.919. The lowest BCUT2D eigenvalue weighted by atomic mass is 9.79. The first-order valence-electron chi connectivity index (χ1n) is 7.68. The van der Waals surface area contributed by atoms with Gasteiger partial charge in [-0.3, -0.25) is 4.79 Å². The number of aliphatic hydroxyl groups is 1. The first-order valence-corrected chi connectivity index (χ1v) is 7.68. The highest BCUT2D eigenvalue weighted by molar-refractivity contribution is 5.79. The van der Waals surface area contributed by atoms with Gasteiger partial charge in [0.15, 0.2) is 0 Å². The van der Waals surface area contributed by atoms with Crippen molar-refractivity contribution in [3.05, 3.63) is 65.7 Å². The number of hydrogen-bond acceptors (Lipinski definition) is 3. The molecule has 3 rings (SSSR count). The van der Waals surface area contributed by atoms with Gasteiger partial charge < -0.3 is 9.84 Å². The molecule has 0 bridgehead atoms. The molecule has 1 N–H and O–H groups in total. The number of hydrogen-bond donors (Lipinski definition) is 1. The van der Waals surface area contributed by atoms with E-state index in [4.69, 9.17) is 4.74 Å². The average molecular weight is 296 g/mol. The Balaban J connectivity index is 1.79. The molecule has 3 nitrogen and oxygen atoms in total. The molecule has 114 valence electrons. The summed E-state index contributed by atoms with van der Waals surface area (Å²) in [6.45, 7) is 0.465. The fourth-order valence-electron chi connectivity index (χ4n) is 2.92. The number of ether oxygens (including phenoxy) is 1. The molecule has 1 saturated carbocycles. The van der Waals surface area contributed by atoms with Crippen LogP contribution in [0.3, 0.4) is 0 Å². The second kappa shape index (κ2) is 6.32. The van der Waals surface area contributed by atoms with Crippen molar-refractivity contribution in [3.63, 3.8) is 0 Å². The van der Waals surface area contributed by atoms with Crippen LogP contribution in [0.2, 0.25) is 0 Å². The Kier molecular flexibility index (Phi) is 4.25. The monoisotopic (exact) mass is 296 g/mol. The molecule has 3 heteroatoms. The van der Waals surface area contributed by atoms with Crippen LogP contribution in [-0.2, 0) is 17.0 Å². The SMILES string of the molecule is O=C1CCC(O)(c2ccccc2OCc2ccccc2)CC1. The van der Waals surface area contributed by atoms with Crippen molar-refractivity contribution in [1.29, 1.82) is 0 Å². The Bertz CT molecular complexity index is 639. The maximum atomic E-state index is 11.4. The lowest BCUT2D eigenvalue weighted by Crippen LogP contribution is -2.32. The normalized spacial score (nSPS) is 17.2. The summed E-state index contributed by atoms with van der Waals surface area (Å²) >= 11 is 0. The summed E-state index contributed by atoms with van der Waals surface area (Å²) in [5.74, 6) is 0.926. The van der Waals surface area contributed by atoms with Crippen molar-refractivity contribution in [3.8, 4) is 5.75 Å². The minimum Gasteiger partial charge on any atom is -0.489 e.